The van der Waals surface area contributed by atoms with Gasteiger partial charge < -0.3 is 14.2 Å². The topological polar surface area (TPSA) is 106 Å². The Balaban J connectivity index is 1.76. The van der Waals surface area contributed by atoms with Gasteiger partial charge in [0, 0.05) is 30.1 Å². The summed E-state index contributed by atoms with van der Waals surface area (Å²) in [5.41, 5.74) is 3.37. The first-order valence-electron chi connectivity index (χ1n) is 10.5. The van der Waals surface area contributed by atoms with E-state index in [1.54, 1.807) is 31.7 Å². The summed E-state index contributed by atoms with van der Waals surface area (Å²) in [4.78, 5) is 21.5. The van der Waals surface area contributed by atoms with E-state index in [0.717, 1.165) is 16.8 Å². The van der Waals surface area contributed by atoms with Crippen LogP contribution < -0.4 is 9.47 Å². The number of aromatic nitrogens is 6. The van der Waals surface area contributed by atoms with Gasteiger partial charge in [0.1, 0.15) is 0 Å². The van der Waals surface area contributed by atoms with Gasteiger partial charge in [-0.25, -0.2) is 9.97 Å². The van der Waals surface area contributed by atoms with Crippen molar-refractivity contribution >= 4 is 34.3 Å². The number of hydrogen-bond donors (Lipinski definition) is 0. The molecule has 3 heterocycles. The third-order valence-electron chi connectivity index (χ3n) is 5.07. The number of fused-ring (bicyclic) bond motifs is 3. The van der Waals surface area contributed by atoms with Gasteiger partial charge in [-0.3, -0.25) is 9.48 Å². The smallest absolute Gasteiger partial charge is 0.316 e. The Morgan fingerprint density at radius 3 is 2.48 bits per heavy atom. The monoisotopic (exact) mass is 470 g/mol. The maximum absolute atomic E-state index is 11.9. The molecule has 0 atom stereocenters. The molecule has 33 heavy (non-hydrogen) atoms. The zero-order valence-electron chi connectivity index (χ0n) is 19.3. The van der Waals surface area contributed by atoms with Crippen LogP contribution >= 0.6 is 11.8 Å². The minimum Gasteiger partial charge on any atom is -0.493 e. The van der Waals surface area contributed by atoms with Crippen molar-refractivity contribution in [3.63, 3.8) is 0 Å². The van der Waals surface area contributed by atoms with E-state index < -0.39 is 0 Å². The average Bonchev–Trinajstić information content (AvgIpc) is 3.37. The number of carbonyl (C=O) groups is 1. The van der Waals surface area contributed by atoms with Crippen LogP contribution in [0.1, 0.15) is 24.1 Å². The maximum atomic E-state index is 11.9. The molecular formula is C22H26N6O4S. The Kier molecular flexibility index (Phi) is 6.68. The van der Waals surface area contributed by atoms with E-state index in [0.29, 0.717) is 53.2 Å². The number of thioether (sulfide) groups is 1. The van der Waals surface area contributed by atoms with Crippen molar-refractivity contribution in [2.45, 2.75) is 38.9 Å². The van der Waals surface area contributed by atoms with Gasteiger partial charge in [-0.1, -0.05) is 11.8 Å². The van der Waals surface area contributed by atoms with Crippen molar-refractivity contribution in [1.82, 2.24) is 29.4 Å². The van der Waals surface area contributed by atoms with Crippen LogP contribution in [0.3, 0.4) is 0 Å². The second kappa shape index (κ2) is 9.65. The quantitative estimate of drug-likeness (QED) is 0.207. The Bertz CT molecular complexity index is 1320. The van der Waals surface area contributed by atoms with Crippen LogP contribution in [0.4, 0.5) is 0 Å². The summed E-state index contributed by atoms with van der Waals surface area (Å²) in [6.45, 7) is 6.76. The van der Waals surface area contributed by atoms with Gasteiger partial charge in [-0.2, -0.15) is 9.61 Å². The average molecular weight is 471 g/mol. The van der Waals surface area contributed by atoms with Crippen LogP contribution in [-0.2, 0) is 22.5 Å². The van der Waals surface area contributed by atoms with Gasteiger partial charge in [-0.05, 0) is 32.9 Å². The van der Waals surface area contributed by atoms with Gasteiger partial charge in [0.05, 0.1) is 37.8 Å². The minimum atomic E-state index is -0.310. The number of carbonyl (C=O) groups excluding carboxylic acids is 1. The minimum absolute atomic E-state index is 0.121. The summed E-state index contributed by atoms with van der Waals surface area (Å²) in [7, 11) is 3.16. The van der Waals surface area contributed by atoms with E-state index in [4.69, 9.17) is 29.3 Å². The number of benzene rings is 1. The molecule has 0 bridgehead atoms. The third-order valence-corrected chi connectivity index (χ3v) is 5.97. The summed E-state index contributed by atoms with van der Waals surface area (Å²) in [6, 6.07) is 5.68. The number of rotatable bonds is 9. The van der Waals surface area contributed by atoms with Crippen LogP contribution in [-0.4, -0.2) is 61.9 Å². The molecule has 4 aromatic rings. The highest BCUT2D eigenvalue weighted by molar-refractivity contribution is 7.99. The zero-order chi connectivity index (χ0) is 23.5. The predicted molar refractivity (Wildman–Crippen MR) is 124 cm³/mol. The molecule has 0 amide bonds. The molecule has 0 saturated carbocycles. The van der Waals surface area contributed by atoms with E-state index in [1.807, 2.05) is 30.7 Å². The molecule has 0 saturated heterocycles. The van der Waals surface area contributed by atoms with Crippen molar-refractivity contribution in [2.75, 3.05) is 26.6 Å². The predicted octanol–water partition coefficient (Wildman–Crippen LogP) is 3.01. The molecule has 0 N–H and O–H groups in total. The lowest BCUT2D eigenvalue weighted by molar-refractivity contribution is -0.139. The van der Waals surface area contributed by atoms with Gasteiger partial charge in [0.2, 0.25) is 0 Å². The number of aryl methyl sites for hydroxylation is 4. The van der Waals surface area contributed by atoms with Gasteiger partial charge in [0.15, 0.2) is 28.1 Å². The van der Waals surface area contributed by atoms with Crippen molar-refractivity contribution in [1.29, 1.82) is 0 Å². The fourth-order valence-electron chi connectivity index (χ4n) is 3.59. The van der Waals surface area contributed by atoms with Gasteiger partial charge in [0.25, 0.3) is 0 Å². The number of esters is 1. The molecule has 0 aliphatic rings. The number of nitrogens with zero attached hydrogens (tertiary/aromatic N) is 6. The van der Waals surface area contributed by atoms with Crippen LogP contribution in [0.25, 0.3) is 16.6 Å². The molecule has 0 fully saturated rings. The Hall–Kier alpha value is -3.34. The molecule has 174 valence electrons. The second-order valence-corrected chi connectivity index (χ2v) is 8.32. The molecule has 0 unspecified atom stereocenters. The fourth-order valence-corrected chi connectivity index (χ4v) is 4.33. The lowest BCUT2D eigenvalue weighted by Gasteiger charge is -2.10. The van der Waals surface area contributed by atoms with Gasteiger partial charge in [-0.15, -0.1) is 5.10 Å². The molecule has 3 aromatic heterocycles. The first-order chi connectivity index (χ1) is 15.9. The summed E-state index contributed by atoms with van der Waals surface area (Å²) < 4.78 is 19.6. The summed E-state index contributed by atoms with van der Waals surface area (Å²) >= 11 is 1.25. The number of methoxy groups -OCH3 is 2. The zero-order valence-corrected chi connectivity index (χ0v) is 20.1. The summed E-state index contributed by atoms with van der Waals surface area (Å²) in [5, 5.41) is 10.5. The second-order valence-electron chi connectivity index (χ2n) is 7.38. The molecule has 0 aliphatic heterocycles. The van der Waals surface area contributed by atoms with E-state index in [9.17, 15) is 4.79 Å². The standard InChI is InChI=1S/C22H26N6O4S/c1-6-32-20(29)12-33-22-23-16-11-18(31-5)17(30-4)10-15(16)21-24-19(26-28(21)22)7-8-27-14(3)9-13(2)25-27/h9-11H,6-8,12H2,1-5H3. The third kappa shape index (κ3) is 4.72. The first kappa shape index (κ1) is 22.8. The van der Waals surface area contributed by atoms with Gasteiger partial charge >= 0.3 is 5.97 Å². The van der Waals surface area contributed by atoms with Crippen LogP contribution in [0.2, 0.25) is 0 Å². The van der Waals surface area contributed by atoms with E-state index in [2.05, 4.69) is 5.10 Å². The highest BCUT2D eigenvalue weighted by Crippen LogP contribution is 2.34. The molecule has 11 heteroatoms. The Morgan fingerprint density at radius 2 is 1.82 bits per heavy atom. The summed E-state index contributed by atoms with van der Waals surface area (Å²) in [5.74, 6) is 1.61. The largest absolute Gasteiger partial charge is 0.493 e. The van der Waals surface area contributed by atoms with E-state index in [-0.39, 0.29) is 11.7 Å². The maximum Gasteiger partial charge on any atom is 0.316 e. The van der Waals surface area contributed by atoms with Crippen LogP contribution in [0.5, 0.6) is 11.5 Å². The molecule has 1 aromatic carbocycles. The molecule has 4 rings (SSSR count). The fraction of sp³-hybridized carbons (Fsp3) is 0.409. The van der Waals surface area contributed by atoms with Crippen molar-refractivity contribution < 1.29 is 19.0 Å². The van der Waals surface area contributed by atoms with Crippen LogP contribution in [0.15, 0.2) is 23.4 Å². The Labute approximate surface area is 195 Å². The molecule has 0 radical (unpaired) electrons. The molecule has 0 aliphatic carbocycles. The highest BCUT2D eigenvalue weighted by atomic mass is 32.2. The number of ether oxygens (including phenoxy) is 3. The summed E-state index contributed by atoms with van der Waals surface area (Å²) in [6.07, 6.45) is 0.598. The van der Waals surface area contributed by atoms with E-state index >= 15 is 0 Å². The van der Waals surface area contributed by atoms with Crippen molar-refractivity contribution in [3.8, 4) is 11.5 Å². The highest BCUT2D eigenvalue weighted by Gasteiger charge is 2.18. The first-order valence-corrected chi connectivity index (χ1v) is 11.5. The number of hydrogen-bond acceptors (Lipinski definition) is 9. The molecule has 10 nitrogen and oxygen atoms in total. The molecular weight excluding hydrogens is 444 g/mol. The van der Waals surface area contributed by atoms with Crippen LogP contribution in [0, 0.1) is 13.8 Å². The Morgan fingerprint density at radius 1 is 1.06 bits per heavy atom. The molecule has 0 spiro atoms. The lowest BCUT2D eigenvalue weighted by Crippen LogP contribution is -2.08. The van der Waals surface area contributed by atoms with Crippen molar-refractivity contribution in [3.05, 3.63) is 35.4 Å². The normalized spacial score (nSPS) is 11.3. The lowest BCUT2D eigenvalue weighted by atomic mass is 10.2. The van der Waals surface area contributed by atoms with E-state index in [1.165, 1.54) is 11.8 Å². The SMILES string of the molecule is CCOC(=O)CSc1nc2cc(OC)c(OC)cc2c2nc(CCn3nc(C)cc3C)nn12. The van der Waals surface area contributed by atoms with Crippen molar-refractivity contribution in [2.24, 2.45) is 0 Å².